The summed E-state index contributed by atoms with van der Waals surface area (Å²) in [6.45, 7) is 4.86. The van der Waals surface area contributed by atoms with Gasteiger partial charge in [-0.2, -0.15) is 4.31 Å². The molecule has 6 heteroatoms. The van der Waals surface area contributed by atoms with E-state index in [9.17, 15) is 13.2 Å². The topological polar surface area (TPSA) is 66.5 Å². The molecule has 0 aliphatic carbocycles. The minimum absolute atomic E-state index is 0.00956. The van der Waals surface area contributed by atoms with Crippen LogP contribution < -0.4 is 5.32 Å². The summed E-state index contributed by atoms with van der Waals surface area (Å²) in [7, 11) is -3.59. The Hall–Kier alpha value is -2.18. The van der Waals surface area contributed by atoms with Gasteiger partial charge in [-0.15, -0.1) is 0 Å². The molecule has 1 aliphatic heterocycles. The third-order valence-electron chi connectivity index (χ3n) is 5.72. The summed E-state index contributed by atoms with van der Waals surface area (Å²) < 4.78 is 28.0. The SMILES string of the molecule is Cc1ccc(C(=O)NC(C)CCc2ccccc2)cc1S(=O)(=O)N1CCCCCC1. The lowest BCUT2D eigenvalue weighted by Gasteiger charge is -2.21. The summed E-state index contributed by atoms with van der Waals surface area (Å²) in [5, 5.41) is 3.01. The monoisotopic (exact) mass is 428 g/mol. The number of hydrogen-bond acceptors (Lipinski definition) is 3. The molecule has 0 aromatic heterocycles. The number of aryl methyl sites for hydroxylation is 2. The van der Waals surface area contributed by atoms with Crippen molar-refractivity contribution >= 4 is 15.9 Å². The van der Waals surface area contributed by atoms with Gasteiger partial charge in [0, 0.05) is 24.7 Å². The van der Waals surface area contributed by atoms with Crippen molar-refractivity contribution in [2.75, 3.05) is 13.1 Å². The van der Waals surface area contributed by atoms with E-state index >= 15 is 0 Å². The van der Waals surface area contributed by atoms with Gasteiger partial charge >= 0.3 is 0 Å². The van der Waals surface area contributed by atoms with Crippen LogP contribution in [0.15, 0.2) is 53.4 Å². The van der Waals surface area contributed by atoms with Crippen LogP contribution in [0, 0.1) is 6.92 Å². The Labute approximate surface area is 180 Å². The van der Waals surface area contributed by atoms with Crippen molar-refractivity contribution < 1.29 is 13.2 Å². The van der Waals surface area contributed by atoms with Crippen molar-refractivity contribution in [2.45, 2.75) is 63.3 Å². The molecule has 0 radical (unpaired) electrons. The Morgan fingerprint density at radius 2 is 1.70 bits per heavy atom. The van der Waals surface area contributed by atoms with Crippen LogP contribution in [0.5, 0.6) is 0 Å². The fourth-order valence-electron chi connectivity index (χ4n) is 3.85. The fraction of sp³-hybridized carbons (Fsp3) is 0.458. The summed E-state index contributed by atoms with van der Waals surface area (Å²) in [6.07, 6.45) is 5.60. The van der Waals surface area contributed by atoms with E-state index in [1.165, 1.54) is 11.6 Å². The average Bonchev–Trinajstić information content (AvgIpc) is 3.03. The Morgan fingerprint density at radius 3 is 2.37 bits per heavy atom. The van der Waals surface area contributed by atoms with Crippen LogP contribution in [0.4, 0.5) is 0 Å². The molecule has 1 unspecified atom stereocenters. The molecule has 1 amide bonds. The van der Waals surface area contributed by atoms with Gasteiger partial charge in [0.2, 0.25) is 10.0 Å². The number of rotatable bonds is 7. The van der Waals surface area contributed by atoms with Crippen molar-refractivity contribution in [2.24, 2.45) is 0 Å². The second-order valence-corrected chi connectivity index (χ2v) is 10.1. The van der Waals surface area contributed by atoms with E-state index in [0.29, 0.717) is 24.2 Å². The predicted molar refractivity (Wildman–Crippen MR) is 120 cm³/mol. The number of sulfonamides is 1. The van der Waals surface area contributed by atoms with Crippen LogP contribution in [0.3, 0.4) is 0 Å². The van der Waals surface area contributed by atoms with Crippen molar-refractivity contribution in [1.82, 2.24) is 9.62 Å². The number of nitrogens with zero attached hydrogens (tertiary/aromatic N) is 1. The maximum Gasteiger partial charge on any atom is 0.251 e. The molecule has 5 nitrogen and oxygen atoms in total. The molecule has 30 heavy (non-hydrogen) atoms. The Balaban J connectivity index is 1.69. The van der Waals surface area contributed by atoms with Crippen LogP contribution in [0.1, 0.15) is 60.5 Å². The van der Waals surface area contributed by atoms with Gasteiger partial charge in [-0.25, -0.2) is 8.42 Å². The zero-order valence-electron chi connectivity index (χ0n) is 17.9. The third kappa shape index (κ3) is 5.70. The number of nitrogens with one attached hydrogen (secondary N) is 1. The first-order chi connectivity index (χ1) is 14.4. The molecule has 162 valence electrons. The van der Waals surface area contributed by atoms with E-state index in [-0.39, 0.29) is 16.8 Å². The van der Waals surface area contributed by atoms with E-state index in [0.717, 1.165) is 38.5 Å². The van der Waals surface area contributed by atoms with Crippen LogP contribution in [0.2, 0.25) is 0 Å². The van der Waals surface area contributed by atoms with Crippen LogP contribution in [-0.4, -0.2) is 37.8 Å². The molecule has 0 spiro atoms. The number of amides is 1. The Kier molecular flexibility index (Phi) is 7.67. The van der Waals surface area contributed by atoms with Gasteiger partial charge in [0.25, 0.3) is 5.91 Å². The van der Waals surface area contributed by atoms with Crippen molar-refractivity contribution in [1.29, 1.82) is 0 Å². The first-order valence-electron chi connectivity index (χ1n) is 10.8. The number of carbonyl (C=O) groups excluding carboxylic acids is 1. The second-order valence-electron chi connectivity index (χ2n) is 8.20. The molecule has 1 fully saturated rings. The third-order valence-corrected chi connectivity index (χ3v) is 7.76. The first-order valence-corrected chi connectivity index (χ1v) is 12.3. The van der Waals surface area contributed by atoms with Crippen LogP contribution in [0.25, 0.3) is 0 Å². The summed E-state index contributed by atoms with van der Waals surface area (Å²) >= 11 is 0. The highest BCUT2D eigenvalue weighted by atomic mass is 32.2. The van der Waals surface area contributed by atoms with Crippen LogP contribution >= 0.6 is 0 Å². The van der Waals surface area contributed by atoms with Gasteiger partial charge in [-0.05, 0) is 62.8 Å². The molecular formula is C24H32N2O3S. The molecule has 1 saturated heterocycles. The molecule has 2 aromatic rings. The lowest BCUT2D eigenvalue weighted by molar-refractivity contribution is 0.0938. The van der Waals surface area contributed by atoms with Crippen LogP contribution in [-0.2, 0) is 16.4 Å². The minimum atomic E-state index is -3.59. The molecule has 3 rings (SSSR count). The van der Waals surface area contributed by atoms with E-state index in [4.69, 9.17) is 0 Å². The molecule has 1 heterocycles. The molecule has 0 saturated carbocycles. The fourth-order valence-corrected chi connectivity index (χ4v) is 5.62. The lowest BCUT2D eigenvalue weighted by Crippen LogP contribution is -2.34. The second kappa shape index (κ2) is 10.2. The largest absolute Gasteiger partial charge is 0.350 e. The summed E-state index contributed by atoms with van der Waals surface area (Å²) in [5.41, 5.74) is 2.30. The Bertz CT molecular complexity index is 950. The van der Waals surface area contributed by atoms with Gasteiger partial charge < -0.3 is 5.32 Å². The molecule has 0 bridgehead atoms. The highest BCUT2D eigenvalue weighted by Gasteiger charge is 2.27. The van der Waals surface area contributed by atoms with Gasteiger partial charge in [0.05, 0.1) is 4.90 Å². The maximum atomic E-state index is 13.2. The smallest absolute Gasteiger partial charge is 0.251 e. The zero-order valence-corrected chi connectivity index (χ0v) is 18.7. The summed E-state index contributed by atoms with van der Waals surface area (Å²) in [4.78, 5) is 13.0. The summed E-state index contributed by atoms with van der Waals surface area (Å²) in [6, 6.07) is 15.1. The van der Waals surface area contributed by atoms with Gasteiger partial charge in [0.15, 0.2) is 0 Å². The van der Waals surface area contributed by atoms with Gasteiger partial charge in [-0.3, -0.25) is 4.79 Å². The van der Waals surface area contributed by atoms with Crippen molar-refractivity contribution in [3.63, 3.8) is 0 Å². The van der Waals surface area contributed by atoms with E-state index in [1.807, 2.05) is 25.1 Å². The molecule has 2 aromatic carbocycles. The van der Waals surface area contributed by atoms with Gasteiger partial charge in [-0.1, -0.05) is 49.2 Å². The minimum Gasteiger partial charge on any atom is -0.350 e. The molecular weight excluding hydrogens is 396 g/mol. The molecule has 1 atom stereocenters. The Morgan fingerprint density at radius 1 is 1.03 bits per heavy atom. The van der Waals surface area contributed by atoms with Crippen molar-refractivity contribution in [3.05, 3.63) is 65.2 Å². The number of hydrogen-bond donors (Lipinski definition) is 1. The van der Waals surface area contributed by atoms with Gasteiger partial charge in [0.1, 0.15) is 0 Å². The maximum absolute atomic E-state index is 13.2. The summed E-state index contributed by atoms with van der Waals surface area (Å²) in [5.74, 6) is -0.233. The number of benzene rings is 2. The standard InChI is InChI=1S/C24H32N2O3S/c1-19-12-15-22(18-23(19)30(28,29)26-16-8-3-4-9-17-26)24(27)25-20(2)13-14-21-10-6-5-7-11-21/h5-7,10-12,15,18,20H,3-4,8-9,13-14,16-17H2,1-2H3,(H,25,27). The molecule has 1 aliphatic rings. The highest BCUT2D eigenvalue weighted by Crippen LogP contribution is 2.24. The average molecular weight is 429 g/mol. The highest BCUT2D eigenvalue weighted by molar-refractivity contribution is 7.89. The zero-order chi connectivity index (χ0) is 21.6. The van der Waals surface area contributed by atoms with E-state index < -0.39 is 10.0 Å². The van der Waals surface area contributed by atoms with E-state index in [1.54, 1.807) is 23.4 Å². The van der Waals surface area contributed by atoms with E-state index in [2.05, 4.69) is 17.4 Å². The molecule has 1 N–H and O–H groups in total. The lowest BCUT2D eigenvalue weighted by atomic mass is 10.1. The first kappa shape index (κ1) is 22.5. The van der Waals surface area contributed by atoms with Crippen molar-refractivity contribution in [3.8, 4) is 0 Å². The number of carbonyl (C=O) groups is 1. The quantitative estimate of drug-likeness (QED) is 0.715. The normalized spacial score (nSPS) is 16.6. The predicted octanol–water partition coefficient (Wildman–Crippen LogP) is 4.31.